The molecule has 0 radical (unpaired) electrons. The molecule has 0 unspecified atom stereocenters. The molecular formula is C19H17N3O4. The maximum atomic E-state index is 12.2. The molecule has 3 aromatic rings. The third-order valence-corrected chi connectivity index (χ3v) is 3.90. The topological polar surface area (TPSA) is 99.1 Å². The number of hydrogen-bond donors (Lipinski definition) is 0. The highest BCUT2D eigenvalue weighted by atomic mass is 16.6. The summed E-state index contributed by atoms with van der Waals surface area (Å²) in [6, 6.07) is 12.0. The standard InChI is InChI=1S/C19H17N3O4/c23-17(19-21-13-18(26-19)16-9-3-4-11-20-16)10-2-1-6-14-7-5-8-15(12-14)22(24)25/h3-5,7-9,11-13H,1-2,6,10H2. The van der Waals surface area contributed by atoms with Crippen LogP contribution in [0, 0.1) is 10.1 Å². The van der Waals surface area contributed by atoms with Crippen LogP contribution in [0.3, 0.4) is 0 Å². The number of unbranched alkanes of at least 4 members (excludes halogenated alkanes) is 1. The van der Waals surface area contributed by atoms with E-state index < -0.39 is 4.92 Å². The number of hydrogen-bond acceptors (Lipinski definition) is 6. The minimum atomic E-state index is -0.408. The van der Waals surface area contributed by atoms with Crippen molar-refractivity contribution < 1.29 is 14.1 Å². The molecule has 26 heavy (non-hydrogen) atoms. The van der Waals surface area contributed by atoms with Crippen LogP contribution in [0.2, 0.25) is 0 Å². The summed E-state index contributed by atoms with van der Waals surface area (Å²) in [4.78, 5) is 30.7. The quantitative estimate of drug-likeness (QED) is 0.260. The SMILES string of the molecule is O=C(CCCCc1cccc([N+](=O)[O-])c1)c1ncc(-c2ccccn2)o1. The molecule has 0 saturated heterocycles. The van der Waals surface area contributed by atoms with E-state index in [4.69, 9.17) is 4.42 Å². The Morgan fingerprint density at radius 1 is 1.12 bits per heavy atom. The Morgan fingerprint density at radius 2 is 2.00 bits per heavy atom. The molecule has 7 heteroatoms. The van der Waals surface area contributed by atoms with Gasteiger partial charge in [0.1, 0.15) is 5.69 Å². The van der Waals surface area contributed by atoms with Gasteiger partial charge < -0.3 is 4.42 Å². The molecule has 3 rings (SSSR count). The highest BCUT2D eigenvalue weighted by molar-refractivity contribution is 5.91. The van der Waals surface area contributed by atoms with E-state index in [1.54, 1.807) is 30.5 Å². The maximum absolute atomic E-state index is 12.2. The van der Waals surface area contributed by atoms with E-state index in [1.165, 1.54) is 12.3 Å². The van der Waals surface area contributed by atoms with Crippen LogP contribution < -0.4 is 0 Å². The van der Waals surface area contributed by atoms with Gasteiger partial charge in [-0.2, -0.15) is 0 Å². The fourth-order valence-corrected chi connectivity index (χ4v) is 2.58. The fraction of sp³-hybridized carbons (Fsp3) is 0.211. The van der Waals surface area contributed by atoms with E-state index in [0.29, 0.717) is 30.7 Å². The number of non-ortho nitro benzene ring substituents is 1. The summed E-state index contributed by atoms with van der Waals surface area (Å²) in [6.07, 6.45) is 5.55. The first kappa shape index (κ1) is 17.5. The smallest absolute Gasteiger partial charge is 0.269 e. The lowest BCUT2D eigenvalue weighted by molar-refractivity contribution is -0.384. The summed E-state index contributed by atoms with van der Waals surface area (Å²) in [5.41, 5.74) is 1.60. The largest absolute Gasteiger partial charge is 0.432 e. The molecule has 0 aliphatic heterocycles. The number of nitro groups is 1. The summed E-state index contributed by atoms with van der Waals surface area (Å²) >= 11 is 0. The van der Waals surface area contributed by atoms with Crippen molar-refractivity contribution in [2.75, 3.05) is 0 Å². The first-order chi connectivity index (χ1) is 12.6. The van der Waals surface area contributed by atoms with E-state index >= 15 is 0 Å². The minimum Gasteiger partial charge on any atom is -0.432 e. The number of rotatable bonds is 8. The van der Waals surface area contributed by atoms with Crippen LogP contribution in [-0.2, 0) is 6.42 Å². The van der Waals surface area contributed by atoms with Crippen LogP contribution in [0.25, 0.3) is 11.5 Å². The highest BCUT2D eigenvalue weighted by Gasteiger charge is 2.14. The summed E-state index contributed by atoms with van der Waals surface area (Å²) in [5.74, 6) is 0.387. The number of oxazole rings is 1. The van der Waals surface area contributed by atoms with Crippen molar-refractivity contribution in [1.29, 1.82) is 0 Å². The number of nitro benzene ring substituents is 1. The second-order valence-corrected chi connectivity index (χ2v) is 5.80. The third kappa shape index (κ3) is 4.38. The lowest BCUT2D eigenvalue weighted by Gasteiger charge is -2.01. The summed E-state index contributed by atoms with van der Waals surface area (Å²) in [7, 11) is 0. The van der Waals surface area contributed by atoms with Crippen molar-refractivity contribution in [2.24, 2.45) is 0 Å². The van der Waals surface area contributed by atoms with E-state index in [1.807, 2.05) is 12.1 Å². The van der Waals surface area contributed by atoms with Crippen molar-refractivity contribution >= 4 is 11.5 Å². The molecule has 7 nitrogen and oxygen atoms in total. The van der Waals surface area contributed by atoms with Gasteiger partial charge in [0.25, 0.3) is 11.6 Å². The lowest BCUT2D eigenvalue weighted by atomic mass is 10.1. The van der Waals surface area contributed by atoms with Gasteiger partial charge in [0.15, 0.2) is 5.76 Å². The molecule has 0 aliphatic rings. The number of Topliss-reactive ketones (excluding diaryl/α,β-unsaturated/α-hetero) is 1. The molecule has 0 N–H and O–H groups in total. The molecule has 0 spiro atoms. The number of aromatic nitrogens is 2. The first-order valence-corrected chi connectivity index (χ1v) is 8.27. The molecule has 132 valence electrons. The minimum absolute atomic E-state index is 0.0837. The Balaban J connectivity index is 1.50. The monoisotopic (exact) mass is 351 g/mol. The first-order valence-electron chi connectivity index (χ1n) is 8.27. The zero-order chi connectivity index (χ0) is 18.4. The van der Waals surface area contributed by atoms with Crippen LogP contribution in [0.15, 0.2) is 59.3 Å². The molecule has 0 atom stereocenters. The number of nitrogens with zero attached hydrogens (tertiary/aromatic N) is 3. The second kappa shape index (κ2) is 8.15. The van der Waals surface area contributed by atoms with Gasteiger partial charge in [0.05, 0.1) is 11.1 Å². The van der Waals surface area contributed by atoms with Crippen LogP contribution in [-0.4, -0.2) is 20.7 Å². The van der Waals surface area contributed by atoms with Gasteiger partial charge in [-0.1, -0.05) is 18.2 Å². The molecule has 0 fully saturated rings. The summed E-state index contributed by atoms with van der Waals surface area (Å²) in [5, 5.41) is 10.8. The van der Waals surface area contributed by atoms with Crippen molar-refractivity contribution in [3.05, 3.63) is 76.4 Å². The van der Waals surface area contributed by atoms with Crippen molar-refractivity contribution in [2.45, 2.75) is 25.7 Å². The summed E-state index contributed by atoms with van der Waals surface area (Å²) in [6.45, 7) is 0. The lowest BCUT2D eigenvalue weighted by Crippen LogP contribution is -1.99. The predicted octanol–water partition coefficient (Wildman–Crippen LogP) is 4.24. The number of aryl methyl sites for hydroxylation is 1. The number of pyridine rings is 1. The Bertz CT molecular complexity index is 906. The molecule has 2 heterocycles. The van der Waals surface area contributed by atoms with Crippen molar-refractivity contribution in [1.82, 2.24) is 9.97 Å². The van der Waals surface area contributed by atoms with Gasteiger partial charge in [-0.25, -0.2) is 4.98 Å². The maximum Gasteiger partial charge on any atom is 0.269 e. The number of ketones is 1. The molecular weight excluding hydrogens is 334 g/mol. The third-order valence-electron chi connectivity index (χ3n) is 3.90. The Labute approximate surface area is 149 Å². The van der Waals surface area contributed by atoms with Crippen LogP contribution >= 0.6 is 0 Å². The fourth-order valence-electron chi connectivity index (χ4n) is 2.58. The number of carbonyl (C=O) groups is 1. The van der Waals surface area contributed by atoms with Gasteiger partial charge in [-0.05, 0) is 37.0 Å². The van der Waals surface area contributed by atoms with Gasteiger partial charge in [-0.3, -0.25) is 19.9 Å². The van der Waals surface area contributed by atoms with Gasteiger partial charge >= 0.3 is 0 Å². The molecule has 2 aromatic heterocycles. The number of carbonyl (C=O) groups excluding carboxylic acids is 1. The van der Waals surface area contributed by atoms with E-state index in [0.717, 1.165) is 12.0 Å². The molecule has 0 bridgehead atoms. The summed E-state index contributed by atoms with van der Waals surface area (Å²) < 4.78 is 5.49. The van der Waals surface area contributed by atoms with E-state index in [-0.39, 0.29) is 17.4 Å². The Kier molecular flexibility index (Phi) is 5.48. The zero-order valence-electron chi connectivity index (χ0n) is 14.0. The van der Waals surface area contributed by atoms with E-state index in [9.17, 15) is 14.9 Å². The zero-order valence-corrected chi connectivity index (χ0v) is 14.0. The van der Waals surface area contributed by atoms with Gasteiger partial charge in [-0.15, -0.1) is 0 Å². The van der Waals surface area contributed by atoms with Crippen molar-refractivity contribution in [3.8, 4) is 11.5 Å². The van der Waals surface area contributed by atoms with Crippen molar-refractivity contribution in [3.63, 3.8) is 0 Å². The van der Waals surface area contributed by atoms with Crippen LogP contribution in [0.4, 0.5) is 5.69 Å². The van der Waals surface area contributed by atoms with E-state index in [2.05, 4.69) is 9.97 Å². The molecule has 0 amide bonds. The van der Waals surface area contributed by atoms with Crippen LogP contribution in [0.5, 0.6) is 0 Å². The Hall–Kier alpha value is -3.35. The molecule has 0 saturated carbocycles. The predicted molar refractivity (Wildman–Crippen MR) is 94.7 cm³/mol. The van der Waals surface area contributed by atoms with Crippen LogP contribution in [0.1, 0.15) is 35.5 Å². The molecule has 0 aliphatic carbocycles. The average Bonchev–Trinajstić information content (AvgIpc) is 3.16. The normalized spacial score (nSPS) is 10.6. The average molecular weight is 351 g/mol. The van der Waals surface area contributed by atoms with Gasteiger partial charge in [0.2, 0.25) is 5.78 Å². The second-order valence-electron chi connectivity index (χ2n) is 5.80. The van der Waals surface area contributed by atoms with Gasteiger partial charge in [0, 0.05) is 24.8 Å². The highest BCUT2D eigenvalue weighted by Crippen LogP contribution is 2.19. The molecule has 1 aromatic carbocycles. The number of benzene rings is 1. The Morgan fingerprint density at radius 3 is 2.77 bits per heavy atom.